The van der Waals surface area contributed by atoms with E-state index >= 15 is 0 Å². The molecule has 0 amide bonds. The number of nitrogens with two attached hydrogens (primary N) is 1. The van der Waals surface area contributed by atoms with Crippen molar-refractivity contribution in [1.82, 2.24) is 0 Å². The summed E-state index contributed by atoms with van der Waals surface area (Å²) in [6.45, 7) is 4.61. The fraction of sp³-hybridized carbons (Fsp3) is 0.316. The summed E-state index contributed by atoms with van der Waals surface area (Å²) in [5.74, 6) is 2.06. The minimum atomic E-state index is -0.0117. The number of aryl methyl sites for hydroxylation is 1. The predicted octanol–water partition coefficient (Wildman–Crippen LogP) is 4.21. The summed E-state index contributed by atoms with van der Waals surface area (Å²) in [7, 11) is 1.64. The number of methoxy groups -OCH3 is 1. The molecule has 0 aliphatic rings. The molecule has 0 heterocycles. The minimum absolute atomic E-state index is 0. The summed E-state index contributed by atoms with van der Waals surface area (Å²) in [6.07, 6.45) is 0.843. The molecule has 6 heteroatoms. The van der Waals surface area contributed by atoms with Gasteiger partial charge >= 0.3 is 0 Å². The fourth-order valence-electron chi connectivity index (χ4n) is 2.18. The van der Waals surface area contributed by atoms with Crippen molar-refractivity contribution in [2.75, 3.05) is 19.0 Å². The Labute approximate surface area is 166 Å². The smallest absolute Gasteiger partial charge is 0.193 e. The average molecular weight is 455 g/mol. The Morgan fingerprint density at radius 1 is 1.16 bits per heavy atom. The number of nitrogens with one attached hydrogen (secondary N) is 1. The van der Waals surface area contributed by atoms with Crippen LogP contribution in [0.4, 0.5) is 5.69 Å². The monoisotopic (exact) mass is 455 g/mol. The molecule has 0 fully saturated rings. The van der Waals surface area contributed by atoms with Crippen LogP contribution in [0.3, 0.4) is 0 Å². The second-order valence-electron chi connectivity index (χ2n) is 5.49. The van der Waals surface area contributed by atoms with Gasteiger partial charge in [0.05, 0.1) is 13.7 Å². The van der Waals surface area contributed by atoms with Gasteiger partial charge in [-0.05, 0) is 49.2 Å². The molecule has 0 saturated heterocycles. The van der Waals surface area contributed by atoms with Crippen LogP contribution < -0.4 is 20.5 Å². The standard InChI is InChI=1S/C19H25N3O2.HI/c1-4-16(24-18-8-6-5-7-14(18)2)13-21-19(20)22-15-9-11-17(23-3)12-10-15;/h5-12,16H,4,13H2,1-3H3,(H3,20,21,22);1H. The van der Waals surface area contributed by atoms with Crippen molar-refractivity contribution in [2.45, 2.75) is 26.4 Å². The first-order valence-corrected chi connectivity index (χ1v) is 8.05. The van der Waals surface area contributed by atoms with Crippen LogP contribution in [0, 0.1) is 6.92 Å². The number of nitrogens with zero attached hydrogens (tertiary/aromatic N) is 1. The number of ether oxygens (including phenoxy) is 2. The van der Waals surface area contributed by atoms with Gasteiger partial charge in [0.2, 0.25) is 0 Å². The number of benzene rings is 2. The lowest BCUT2D eigenvalue weighted by atomic mass is 10.2. The van der Waals surface area contributed by atoms with E-state index in [0.29, 0.717) is 12.5 Å². The van der Waals surface area contributed by atoms with E-state index in [2.05, 4.69) is 17.2 Å². The number of hydrogen-bond donors (Lipinski definition) is 2. The molecule has 0 bridgehead atoms. The molecule has 0 radical (unpaired) electrons. The van der Waals surface area contributed by atoms with Gasteiger partial charge in [0, 0.05) is 5.69 Å². The van der Waals surface area contributed by atoms with Crippen molar-refractivity contribution in [3.05, 3.63) is 54.1 Å². The van der Waals surface area contributed by atoms with E-state index in [-0.39, 0.29) is 30.1 Å². The zero-order valence-electron chi connectivity index (χ0n) is 14.9. The summed E-state index contributed by atoms with van der Waals surface area (Å²) < 4.78 is 11.1. The maximum absolute atomic E-state index is 6.02. The van der Waals surface area contributed by atoms with Crippen LogP contribution in [0.2, 0.25) is 0 Å². The molecule has 136 valence electrons. The molecule has 0 saturated carbocycles. The highest BCUT2D eigenvalue weighted by Gasteiger charge is 2.09. The summed E-state index contributed by atoms with van der Waals surface area (Å²) >= 11 is 0. The lowest BCUT2D eigenvalue weighted by Crippen LogP contribution is -2.26. The van der Waals surface area contributed by atoms with Gasteiger partial charge in [-0.3, -0.25) is 0 Å². The van der Waals surface area contributed by atoms with E-state index in [1.54, 1.807) is 7.11 Å². The van der Waals surface area contributed by atoms with Gasteiger partial charge in [-0.15, -0.1) is 24.0 Å². The Morgan fingerprint density at radius 3 is 2.44 bits per heavy atom. The van der Waals surface area contributed by atoms with Gasteiger partial charge in [-0.25, -0.2) is 4.99 Å². The molecule has 0 aliphatic heterocycles. The highest BCUT2D eigenvalue weighted by Crippen LogP contribution is 2.19. The lowest BCUT2D eigenvalue weighted by molar-refractivity contribution is 0.204. The summed E-state index contributed by atoms with van der Waals surface area (Å²) in [6, 6.07) is 15.5. The number of aliphatic imine (C=N–C) groups is 1. The number of guanidine groups is 1. The lowest BCUT2D eigenvalue weighted by Gasteiger charge is -2.17. The quantitative estimate of drug-likeness (QED) is 0.373. The van der Waals surface area contributed by atoms with Crippen LogP contribution >= 0.6 is 24.0 Å². The Morgan fingerprint density at radius 2 is 1.84 bits per heavy atom. The third kappa shape index (κ3) is 6.81. The molecule has 2 aromatic carbocycles. The van der Waals surface area contributed by atoms with E-state index < -0.39 is 0 Å². The molecule has 2 rings (SSSR count). The molecule has 3 N–H and O–H groups in total. The van der Waals surface area contributed by atoms with Crippen LogP contribution in [0.1, 0.15) is 18.9 Å². The van der Waals surface area contributed by atoms with Crippen LogP contribution in [0.25, 0.3) is 0 Å². The van der Waals surface area contributed by atoms with Crippen molar-refractivity contribution < 1.29 is 9.47 Å². The van der Waals surface area contributed by atoms with Crippen LogP contribution in [0.5, 0.6) is 11.5 Å². The van der Waals surface area contributed by atoms with E-state index in [4.69, 9.17) is 15.2 Å². The first kappa shape index (κ1) is 21.1. The Hall–Kier alpha value is -1.96. The third-order valence-corrected chi connectivity index (χ3v) is 3.67. The molecule has 5 nitrogen and oxygen atoms in total. The Bertz CT molecular complexity index is 675. The summed E-state index contributed by atoms with van der Waals surface area (Å²) in [4.78, 5) is 4.39. The van der Waals surface area contributed by atoms with E-state index in [1.165, 1.54) is 0 Å². The van der Waals surface area contributed by atoms with Gasteiger partial charge < -0.3 is 20.5 Å². The van der Waals surface area contributed by atoms with E-state index in [0.717, 1.165) is 29.2 Å². The Balaban J connectivity index is 0.00000312. The van der Waals surface area contributed by atoms with Gasteiger partial charge in [0.25, 0.3) is 0 Å². The normalized spacial score (nSPS) is 12.0. The number of halogens is 1. The number of hydrogen-bond acceptors (Lipinski definition) is 3. The number of anilines is 1. The molecule has 25 heavy (non-hydrogen) atoms. The van der Waals surface area contributed by atoms with Crippen molar-refractivity contribution in [1.29, 1.82) is 0 Å². The molecule has 0 aromatic heterocycles. The molecular formula is C19H26IN3O2. The molecule has 1 unspecified atom stereocenters. The summed E-state index contributed by atoms with van der Waals surface area (Å²) in [5, 5.41) is 3.06. The number of rotatable bonds is 7. The van der Waals surface area contributed by atoms with Crippen molar-refractivity contribution >= 4 is 35.6 Å². The maximum Gasteiger partial charge on any atom is 0.193 e. The average Bonchev–Trinajstić information content (AvgIpc) is 2.60. The van der Waals surface area contributed by atoms with Gasteiger partial charge in [0.15, 0.2) is 5.96 Å². The van der Waals surface area contributed by atoms with Crippen molar-refractivity contribution in [2.24, 2.45) is 10.7 Å². The molecule has 0 aliphatic carbocycles. The maximum atomic E-state index is 6.02. The highest BCUT2D eigenvalue weighted by atomic mass is 127. The summed E-state index contributed by atoms with van der Waals surface area (Å²) in [5.41, 5.74) is 7.94. The van der Waals surface area contributed by atoms with Gasteiger partial charge in [-0.1, -0.05) is 25.1 Å². The minimum Gasteiger partial charge on any atom is -0.497 e. The number of para-hydroxylation sites is 1. The van der Waals surface area contributed by atoms with Gasteiger partial charge in [0.1, 0.15) is 17.6 Å². The topological polar surface area (TPSA) is 68.9 Å². The van der Waals surface area contributed by atoms with Crippen LogP contribution in [-0.2, 0) is 0 Å². The first-order chi connectivity index (χ1) is 11.6. The molecule has 2 aromatic rings. The van der Waals surface area contributed by atoms with Crippen LogP contribution in [-0.4, -0.2) is 25.7 Å². The molecular weight excluding hydrogens is 429 g/mol. The van der Waals surface area contributed by atoms with Crippen molar-refractivity contribution in [3.63, 3.8) is 0 Å². The van der Waals surface area contributed by atoms with E-state index in [9.17, 15) is 0 Å². The largest absolute Gasteiger partial charge is 0.497 e. The Kier molecular flexibility index (Phi) is 9.12. The second-order valence-corrected chi connectivity index (χ2v) is 5.49. The van der Waals surface area contributed by atoms with Crippen LogP contribution in [0.15, 0.2) is 53.5 Å². The zero-order chi connectivity index (χ0) is 17.4. The van der Waals surface area contributed by atoms with Crippen molar-refractivity contribution in [3.8, 4) is 11.5 Å². The highest BCUT2D eigenvalue weighted by molar-refractivity contribution is 14.0. The van der Waals surface area contributed by atoms with Gasteiger partial charge in [-0.2, -0.15) is 0 Å². The second kappa shape index (κ2) is 10.8. The molecule has 0 spiro atoms. The first-order valence-electron chi connectivity index (χ1n) is 8.05. The predicted molar refractivity (Wildman–Crippen MR) is 114 cm³/mol. The fourth-order valence-corrected chi connectivity index (χ4v) is 2.18. The zero-order valence-corrected chi connectivity index (χ0v) is 17.2. The third-order valence-electron chi connectivity index (χ3n) is 3.67. The SMILES string of the molecule is CCC(CN=C(N)Nc1ccc(OC)cc1)Oc1ccccc1C.I. The molecule has 1 atom stereocenters. The van der Waals surface area contributed by atoms with E-state index in [1.807, 2.05) is 55.5 Å².